The molecule has 0 fully saturated rings. The van der Waals surface area contributed by atoms with E-state index in [1.165, 1.54) is 6.26 Å². The summed E-state index contributed by atoms with van der Waals surface area (Å²) in [5.74, 6) is 1.38. The molecule has 3 aromatic carbocycles. The van der Waals surface area contributed by atoms with E-state index in [1.807, 2.05) is 85.8 Å². The molecule has 7 nitrogen and oxygen atoms in total. The van der Waals surface area contributed by atoms with Gasteiger partial charge in [-0.05, 0) is 74.0 Å². The first kappa shape index (κ1) is 23.6. The number of para-hydroxylation sites is 1. The van der Waals surface area contributed by atoms with Gasteiger partial charge in [-0.3, -0.25) is 9.69 Å². The molecule has 1 aromatic heterocycles. The second-order valence-corrected chi connectivity index (χ2v) is 7.94. The SMILES string of the molecule is Cc1ccc(NC(=O)N(CCCNC(=O)c2ccco2)c2ccc(Oc3ccccc3)cc2)cc1. The van der Waals surface area contributed by atoms with E-state index in [1.54, 1.807) is 17.0 Å². The Balaban J connectivity index is 1.42. The summed E-state index contributed by atoms with van der Waals surface area (Å²) < 4.78 is 11.0. The highest BCUT2D eigenvalue weighted by Crippen LogP contribution is 2.25. The lowest BCUT2D eigenvalue weighted by atomic mass is 10.2. The molecule has 3 amide bonds. The van der Waals surface area contributed by atoms with Crippen molar-refractivity contribution in [3.05, 3.63) is 109 Å². The van der Waals surface area contributed by atoms with Crippen LogP contribution in [0, 0.1) is 6.92 Å². The first-order chi connectivity index (χ1) is 17.1. The number of ether oxygens (including phenoxy) is 1. The second-order valence-electron chi connectivity index (χ2n) is 7.94. The monoisotopic (exact) mass is 469 g/mol. The molecule has 0 saturated carbocycles. The number of furan rings is 1. The molecule has 4 rings (SSSR count). The van der Waals surface area contributed by atoms with Crippen LogP contribution in [-0.4, -0.2) is 25.0 Å². The van der Waals surface area contributed by atoms with Crippen LogP contribution >= 0.6 is 0 Å². The van der Waals surface area contributed by atoms with E-state index >= 15 is 0 Å². The van der Waals surface area contributed by atoms with Crippen LogP contribution in [0.3, 0.4) is 0 Å². The number of benzene rings is 3. The molecule has 0 bridgehead atoms. The number of rotatable bonds is 9. The number of carbonyl (C=O) groups is 2. The van der Waals surface area contributed by atoms with Crippen molar-refractivity contribution in [1.29, 1.82) is 0 Å². The summed E-state index contributed by atoms with van der Waals surface area (Å²) in [6.45, 7) is 2.78. The third kappa shape index (κ3) is 6.74. The Morgan fingerprint density at radius 3 is 2.26 bits per heavy atom. The number of anilines is 2. The number of nitrogens with zero attached hydrogens (tertiary/aromatic N) is 1. The highest BCUT2D eigenvalue weighted by Gasteiger charge is 2.17. The molecule has 178 valence electrons. The third-order valence-electron chi connectivity index (χ3n) is 5.26. The molecular formula is C28H27N3O4. The van der Waals surface area contributed by atoms with E-state index in [-0.39, 0.29) is 17.7 Å². The number of hydrogen-bond donors (Lipinski definition) is 2. The topological polar surface area (TPSA) is 83.8 Å². The number of amides is 3. The smallest absolute Gasteiger partial charge is 0.326 e. The average Bonchev–Trinajstić information content (AvgIpc) is 3.42. The Morgan fingerprint density at radius 2 is 1.57 bits per heavy atom. The lowest BCUT2D eigenvalue weighted by Gasteiger charge is -2.24. The zero-order chi connectivity index (χ0) is 24.5. The molecule has 1 heterocycles. The van der Waals surface area contributed by atoms with Crippen LogP contribution < -0.4 is 20.3 Å². The molecule has 2 N–H and O–H groups in total. The molecule has 0 aliphatic heterocycles. The van der Waals surface area contributed by atoms with Crippen LogP contribution in [0.5, 0.6) is 11.5 Å². The standard InChI is InChI=1S/C28H27N3O4/c1-21-10-12-22(13-11-21)30-28(33)31(19-6-18-29-27(32)26-9-5-20-34-26)23-14-16-25(17-15-23)35-24-7-3-2-4-8-24/h2-5,7-17,20H,6,18-19H2,1H3,(H,29,32)(H,30,33). The fourth-order valence-corrected chi connectivity index (χ4v) is 3.43. The van der Waals surface area contributed by atoms with E-state index in [2.05, 4.69) is 10.6 Å². The summed E-state index contributed by atoms with van der Waals surface area (Å²) in [6, 6.07) is 27.5. The maximum Gasteiger partial charge on any atom is 0.326 e. The number of aryl methyl sites for hydroxylation is 1. The molecule has 0 spiro atoms. The molecule has 0 aliphatic rings. The first-order valence-electron chi connectivity index (χ1n) is 11.4. The van der Waals surface area contributed by atoms with Gasteiger partial charge in [-0.25, -0.2) is 4.79 Å². The zero-order valence-corrected chi connectivity index (χ0v) is 19.4. The molecule has 0 aliphatic carbocycles. The van der Waals surface area contributed by atoms with Crippen LogP contribution in [0.2, 0.25) is 0 Å². The lowest BCUT2D eigenvalue weighted by molar-refractivity contribution is 0.0926. The van der Waals surface area contributed by atoms with Gasteiger partial charge < -0.3 is 19.8 Å². The fourth-order valence-electron chi connectivity index (χ4n) is 3.43. The van der Waals surface area contributed by atoms with E-state index in [0.717, 1.165) is 11.3 Å². The van der Waals surface area contributed by atoms with Gasteiger partial charge >= 0.3 is 6.03 Å². The van der Waals surface area contributed by atoms with Gasteiger partial charge in [0.25, 0.3) is 5.91 Å². The minimum Gasteiger partial charge on any atom is -0.459 e. The minimum absolute atomic E-state index is 0.257. The Kier molecular flexibility index (Phi) is 7.81. The van der Waals surface area contributed by atoms with E-state index in [4.69, 9.17) is 9.15 Å². The fraction of sp³-hybridized carbons (Fsp3) is 0.143. The normalized spacial score (nSPS) is 10.4. The minimum atomic E-state index is -0.284. The van der Waals surface area contributed by atoms with Crippen molar-refractivity contribution in [2.45, 2.75) is 13.3 Å². The second kappa shape index (κ2) is 11.6. The number of urea groups is 1. The lowest BCUT2D eigenvalue weighted by Crippen LogP contribution is -2.37. The Morgan fingerprint density at radius 1 is 0.857 bits per heavy atom. The molecular weight excluding hydrogens is 442 g/mol. The van der Waals surface area contributed by atoms with Crippen LogP contribution in [0.15, 0.2) is 102 Å². The van der Waals surface area contributed by atoms with Gasteiger partial charge in [-0.2, -0.15) is 0 Å². The van der Waals surface area contributed by atoms with Crippen LogP contribution in [0.4, 0.5) is 16.2 Å². The van der Waals surface area contributed by atoms with Crippen molar-refractivity contribution in [2.75, 3.05) is 23.3 Å². The summed E-state index contributed by atoms with van der Waals surface area (Å²) in [4.78, 5) is 26.9. The summed E-state index contributed by atoms with van der Waals surface area (Å²) in [6.07, 6.45) is 2.01. The molecule has 0 unspecified atom stereocenters. The zero-order valence-electron chi connectivity index (χ0n) is 19.4. The Labute approximate surface area is 204 Å². The molecule has 0 radical (unpaired) electrons. The number of carbonyl (C=O) groups excluding carboxylic acids is 2. The molecule has 0 saturated heterocycles. The summed E-state index contributed by atoms with van der Waals surface area (Å²) in [5.41, 5.74) is 2.54. The van der Waals surface area contributed by atoms with Crippen molar-refractivity contribution in [3.8, 4) is 11.5 Å². The van der Waals surface area contributed by atoms with Gasteiger partial charge in [0.15, 0.2) is 5.76 Å². The van der Waals surface area contributed by atoms with E-state index in [9.17, 15) is 9.59 Å². The van der Waals surface area contributed by atoms with Crippen LogP contribution in [0.1, 0.15) is 22.5 Å². The molecule has 4 aromatic rings. The van der Waals surface area contributed by atoms with Crippen LogP contribution in [0.25, 0.3) is 0 Å². The summed E-state index contributed by atoms with van der Waals surface area (Å²) >= 11 is 0. The van der Waals surface area contributed by atoms with Crippen LogP contribution in [-0.2, 0) is 0 Å². The number of hydrogen-bond acceptors (Lipinski definition) is 4. The van der Waals surface area contributed by atoms with Crippen molar-refractivity contribution in [3.63, 3.8) is 0 Å². The van der Waals surface area contributed by atoms with Gasteiger partial charge in [-0.1, -0.05) is 35.9 Å². The van der Waals surface area contributed by atoms with E-state index in [0.29, 0.717) is 36.6 Å². The van der Waals surface area contributed by atoms with Gasteiger partial charge in [0.1, 0.15) is 11.5 Å². The predicted octanol–water partition coefficient (Wildman–Crippen LogP) is 6.24. The molecule has 35 heavy (non-hydrogen) atoms. The van der Waals surface area contributed by atoms with Gasteiger partial charge in [0.05, 0.1) is 6.26 Å². The molecule has 7 heteroatoms. The Hall–Kier alpha value is -4.52. The van der Waals surface area contributed by atoms with Crippen molar-refractivity contribution in [2.24, 2.45) is 0 Å². The van der Waals surface area contributed by atoms with Crippen molar-refractivity contribution < 1.29 is 18.7 Å². The predicted molar refractivity (Wildman–Crippen MR) is 136 cm³/mol. The number of nitrogens with one attached hydrogen (secondary N) is 2. The largest absolute Gasteiger partial charge is 0.459 e. The maximum atomic E-state index is 13.2. The van der Waals surface area contributed by atoms with Crippen molar-refractivity contribution >= 4 is 23.3 Å². The van der Waals surface area contributed by atoms with Gasteiger partial charge in [-0.15, -0.1) is 0 Å². The van der Waals surface area contributed by atoms with Crippen molar-refractivity contribution in [1.82, 2.24) is 5.32 Å². The highest BCUT2D eigenvalue weighted by atomic mass is 16.5. The third-order valence-corrected chi connectivity index (χ3v) is 5.26. The first-order valence-corrected chi connectivity index (χ1v) is 11.4. The average molecular weight is 470 g/mol. The quantitative estimate of drug-likeness (QED) is 0.284. The maximum absolute atomic E-state index is 13.2. The Bertz CT molecular complexity index is 1220. The summed E-state index contributed by atoms with van der Waals surface area (Å²) in [5, 5.41) is 5.76. The van der Waals surface area contributed by atoms with Gasteiger partial charge in [0, 0.05) is 24.5 Å². The van der Waals surface area contributed by atoms with Gasteiger partial charge in [0.2, 0.25) is 0 Å². The van der Waals surface area contributed by atoms with E-state index < -0.39 is 0 Å². The highest BCUT2D eigenvalue weighted by molar-refractivity contribution is 6.01. The molecule has 0 atom stereocenters. The summed E-state index contributed by atoms with van der Waals surface area (Å²) in [7, 11) is 0.